The molecule has 2 atom stereocenters. The molecule has 0 aromatic heterocycles. The Morgan fingerprint density at radius 3 is 2.36 bits per heavy atom. The number of hydrogen-bond acceptors (Lipinski definition) is 2. The van der Waals surface area contributed by atoms with Gasteiger partial charge in [-0.2, -0.15) is 0 Å². The van der Waals surface area contributed by atoms with Crippen molar-refractivity contribution in [1.29, 1.82) is 0 Å². The van der Waals surface area contributed by atoms with Gasteiger partial charge in [-0.25, -0.2) is 0 Å². The summed E-state index contributed by atoms with van der Waals surface area (Å²) in [5, 5.41) is 8.93. The van der Waals surface area contributed by atoms with E-state index in [2.05, 4.69) is 6.58 Å². The van der Waals surface area contributed by atoms with Gasteiger partial charge in [0, 0.05) is 0 Å². The molecule has 66 valence electrons. The van der Waals surface area contributed by atoms with E-state index in [-0.39, 0.29) is 6.10 Å². The van der Waals surface area contributed by atoms with Gasteiger partial charge in [0.15, 0.2) is 6.29 Å². The van der Waals surface area contributed by atoms with Gasteiger partial charge >= 0.3 is 0 Å². The Bertz CT molecular complexity index is 119. The van der Waals surface area contributed by atoms with Crippen molar-refractivity contribution in [1.82, 2.24) is 0 Å². The van der Waals surface area contributed by atoms with Crippen LogP contribution in [0.15, 0.2) is 12.2 Å². The third-order valence-electron chi connectivity index (χ3n) is 1.64. The van der Waals surface area contributed by atoms with Crippen LogP contribution in [0.4, 0.5) is 0 Å². The molecule has 0 rings (SSSR count). The Morgan fingerprint density at radius 2 is 2.09 bits per heavy atom. The summed E-state index contributed by atoms with van der Waals surface area (Å²) in [7, 11) is 0. The Kier molecular flexibility index (Phi) is 5.16. The number of hydrogen-bond donors (Lipinski definition) is 1. The smallest absolute Gasteiger partial charge is 0.152 e. The minimum atomic E-state index is -0.691. The molecule has 0 radical (unpaired) electrons. The lowest BCUT2D eigenvalue weighted by Crippen LogP contribution is -2.20. The van der Waals surface area contributed by atoms with E-state index < -0.39 is 6.29 Å². The van der Waals surface area contributed by atoms with Crippen LogP contribution in [0.1, 0.15) is 33.6 Å². The first kappa shape index (κ1) is 10.7. The first-order valence-electron chi connectivity index (χ1n) is 4.13. The normalized spacial score (nSPS) is 16.0. The van der Waals surface area contributed by atoms with E-state index in [0.717, 1.165) is 18.4 Å². The maximum Gasteiger partial charge on any atom is 0.152 e. The molecule has 0 saturated carbocycles. The van der Waals surface area contributed by atoms with Crippen molar-refractivity contribution in [2.24, 2.45) is 0 Å². The van der Waals surface area contributed by atoms with Crippen molar-refractivity contribution in [2.75, 3.05) is 0 Å². The molecule has 0 aromatic rings. The van der Waals surface area contributed by atoms with E-state index in [0.29, 0.717) is 0 Å². The maximum atomic E-state index is 8.93. The van der Waals surface area contributed by atoms with Crippen LogP contribution >= 0.6 is 0 Å². The Balaban J connectivity index is 3.84. The van der Waals surface area contributed by atoms with Gasteiger partial charge in [0.05, 0.1) is 6.10 Å². The summed E-state index contributed by atoms with van der Waals surface area (Å²) >= 11 is 0. The second kappa shape index (κ2) is 5.33. The molecule has 2 unspecified atom stereocenters. The highest BCUT2D eigenvalue weighted by molar-refractivity contribution is 5.00. The molecule has 0 aromatic carbocycles. The van der Waals surface area contributed by atoms with Crippen molar-refractivity contribution in [3.8, 4) is 0 Å². The maximum absolute atomic E-state index is 8.93. The fourth-order valence-electron chi connectivity index (χ4n) is 0.947. The van der Waals surface area contributed by atoms with Gasteiger partial charge in [-0.1, -0.05) is 20.4 Å². The van der Waals surface area contributed by atoms with Gasteiger partial charge < -0.3 is 9.84 Å². The lowest BCUT2D eigenvalue weighted by molar-refractivity contribution is -0.113. The van der Waals surface area contributed by atoms with Crippen LogP contribution in [0.25, 0.3) is 0 Å². The van der Waals surface area contributed by atoms with E-state index in [9.17, 15) is 0 Å². The van der Waals surface area contributed by atoms with Gasteiger partial charge in [0.1, 0.15) is 0 Å². The third kappa shape index (κ3) is 4.17. The zero-order valence-corrected chi connectivity index (χ0v) is 7.63. The van der Waals surface area contributed by atoms with Gasteiger partial charge in [-0.05, 0) is 25.3 Å². The summed E-state index contributed by atoms with van der Waals surface area (Å²) in [5.74, 6) is 0. The molecule has 0 aliphatic carbocycles. The summed E-state index contributed by atoms with van der Waals surface area (Å²) in [6, 6.07) is 0. The molecule has 0 saturated heterocycles. The predicted molar refractivity (Wildman–Crippen MR) is 46.3 cm³/mol. The Hall–Kier alpha value is -0.340. The summed E-state index contributed by atoms with van der Waals surface area (Å²) in [4.78, 5) is 0. The van der Waals surface area contributed by atoms with Crippen LogP contribution in [-0.2, 0) is 4.74 Å². The molecule has 0 aliphatic heterocycles. The Labute approximate surface area is 68.9 Å². The molecule has 11 heavy (non-hydrogen) atoms. The molecule has 0 bridgehead atoms. The van der Waals surface area contributed by atoms with Crippen LogP contribution < -0.4 is 0 Å². The fraction of sp³-hybridized carbons (Fsp3) is 0.778. The first-order valence-corrected chi connectivity index (χ1v) is 4.13. The van der Waals surface area contributed by atoms with Gasteiger partial charge in [0.2, 0.25) is 0 Å². The molecular formula is C9H18O2. The highest BCUT2D eigenvalue weighted by Gasteiger charge is 2.11. The number of aliphatic hydroxyl groups is 1. The molecule has 0 aliphatic rings. The summed E-state index contributed by atoms with van der Waals surface area (Å²) in [6.07, 6.45) is 1.10. The van der Waals surface area contributed by atoms with E-state index in [1.165, 1.54) is 0 Å². The minimum absolute atomic E-state index is 0.0139. The number of aliphatic hydroxyl groups excluding tert-OH is 1. The van der Waals surface area contributed by atoms with Crippen molar-refractivity contribution < 1.29 is 9.84 Å². The predicted octanol–water partition coefficient (Wildman–Crippen LogP) is 2.09. The molecule has 0 amide bonds. The van der Waals surface area contributed by atoms with Crippen molar-refractivity contribution in [2.45, 2.75) is 46.0 Å². The number of ether oxygens (including phenoxy) is 1. The fourth-order valence-corrected chi connectivity index (χ4v) is 0.947. The lowest BCUT2D eigenvalue weighted by Gasteiger charge is -2.19. The molecule has 0 heterocycles. The highest BCUT2D eigenvalue weighted by Crippen LogP contribution is 2.13. The van der Waals surface area contributed by atoms with Gasteiger partial charge in [-0.15, -0.1) is 0 Å². The van der Waals surface area contributed by atoms with E-state index in [1.54, 1.807) is 6.92 Å². The van der Waals surface area contributed by atoms with Gasteiger partial charge in [0.25, 0.3) is 0 Å². The molecule has 0 spiro atoms. The topological polar surface area (TPSA) is 29.5 Å². The quantitative estimate of drug-likeness (QED) is 0.490. The highest BCUT2D eigenvalue weighted by atomic mass is 16.6. The van der Waals surface area contributed by atoms with Crippen LogP contribution in [0.5, 0.6) is 0 Å². The largest absolute Gasteiger partial charge is 0.368 e. The number of rotatable bonds is 5. The van der Waals surface area contributed by atoms with Crippen LogP contribution in [0.3, 0.4) is 0 Å². The van der Waals surface area contributed by atoms with E-state index in [1.807, 2.05) is 13.8 Å². The second-order valence-electron chi connectivity index (χ2n) is 2.64. The standard InChI is InChI=1S/C9H18O2/c1-5-7(3)9(6-2)11-8(4)10/h8-10H,3,5-6H2,1-2,4H3. The minimum Gasteiger partial charge on any atom is -0.368 e. The monoisotopic (exact) mass is 158 g/mol. The van der Waals surface area contributed by atoms with Gasteiger partial charge in [-0.3, -0.25) is 0 Å². The molecule has 1 N–H and O–H groups in total. The SMILES string of the molecule is C=C(CC)C(CC)OC(C)O. The van der Waals surface area contributed by atoms with E-state index in [4.69, 9.17) is 9.84 Å². The summed E-state index contributed by atoms with van der Waals surface area (Å²) in [5.41, 5.74) is 1.05. The summed E-state index contributed by atoms with van der Waals surface area (Å²) in [6.45, 7) is 9.54. The van der Waals surface area contributed by atoms with Crippen LogP contribution in [0, 0.1) is 0 Å². The third-order valence-corrected chi connectivity index (χ3v) is 1.64. The average Bonchev–Trinajstić information content (AvgIpc) is 1.98. The van der Waals surface area contributed by atoms with Crippen molar-refractivity contribution in [3.05, 3.63) is 12.2 Å². The van der Waals surface area contributed by atoms with Crippen molar-refractivity contribution >= 4 is 0 Å². The zero-order chi connectivity index (χ0) is 8.85. The van der Waals surface area contributed by atoms with E-state index >= 15 is 0 Å². The molecular weight excluding hydrogens is 140 g/mol. The lowest BCUT2D eigenvalue weighted by atomic mass is 10.1. The molecule has 2 nitrogen and oxygen atoms in total. The average molecular weight is 158 g/mol. The molecule has 2 heteroatoms. The Morgan fingerprint density at radius 1 is 1.55 bits per heavy atom. The summed E-state index contributed by atoms with van der Waals surface area (Å²) < 4.78 is 5.21. The molecule has 0 fully saturated rings. The first-order chi connectivity index (χ1) is 5.11. The van der Waals surface area contributed by atoms with Crippen LogP contribution in [-0.4, -0.2) is 17.5 Å². The van der Waals surface area contributed by atoms with Crippen LogP contribution in [0.2, 0.25) is 0 Å². The second-order valence-corrected chi connectivity index (χ2v) is 2.64. The van der Waals surface area contributed by atoms with Crippen molar-refractivity contribution in [3.63, 3.8) is 0 Å². The zero-order valence-electron chi connectivity index (χ0n) is 7.63.